The lowest BCUT2D eigenvalue weighted by Gasteiger charge is -2.20. The van der Waals surface area contributed by atoms with Crippen LogP contribution in [0.3, 0.4) is 0 Å². The van der Waals surface area contributed by atoms with E-state index in [1.54, 1.807) is 16.8 Å². The van der Waals surface area contributed by atoms with Crippen LogP contribution in [-0.2, 0) is 0 Å². The van der Waals surface area contributed by atoms with Crippen LogP contribution in [0.25, 0.3) is 16.7 Å². The van der Waals surface area contributed by atoms with Gasteiger partial charge in [-0.1, -0.05) is 18.2 Å². The number of aromatic nitrogens is 4. The number of halogens is 1. The number of fused-ring (bicyclic) bond motifs is 3. The topological polar surface area (TPSA) is 46.3 Å². The monoisotopic (exact) mass is 293 g/mol. The van der Waals surface area contributed by atoms with Crippen LogP contribution in [0.2, 0.25) is 0 Å². The predicted molar refractivity (Wildman–Crippen MR) is 82.8 cm³/mol. The molecule has 22 heavy (non-hydrogen) atoms. The molecule has 0 aliphatic heterocycles. The molecule has 6 heteroatoms. The lowest BCUT2D eigenvalue weighted by molar-refractivity contribution is 0.629. The smallest absolute Gasteiger partial charge is 0.257 e. The Morgan fingerprint density at radius 2 is 1.91 bits per heavy atom. The standard InChI is InChI=1S/C16H12FN5/c1-21(12-5-3-2-4-6-12)15-13-9-11(17)7-8-14(13)22-10-18-20-16(22)19-15/h2-10H,1H3. The summed E-state index contributed by atoms with van der Waals surface area (Å²) < 4.78 is 15.5. The van der Waals surface area contributed by atoms with Crippen LogP contribution in [-0.4, -0.2) is 26.6 Å². The molecule has 0 spiro atoms. The van der Waals surface area contributed by atoms with Crippen LogP contribution in [0.4, 0.5) is 15.9 Å². The number of hydrogen-bond acceptors (Lipinski definition) is 4. The third-order valence-corrected chi connectivity index (χ3v) is 3.66. The molecule has 0 unspecified atom stereocenters. The maximum Gasteiger partial charge on any atom is 0.257 e. The van der Waals surface area contributed by atoms with Crippen molar-refractivity contribution < 1.29 is 4.39 Å². The predicted octanol–water partition coefficient (Wildman–Crippen LogP) is 3.18. The minimum Gasteiger partial charge on any atom is -0.329 e. The SMILES string of the molecule is CN(c1ccccc1)c1nc2nncn2c2ccc(F)cc12. The fourth-order valence-electron chi connectivity index (χ4n) is 2.56. The van der Waals surface area contributed by atoms with Crippen LogP contribution in [0.15, 0.2) is 54.9 Å². The van der Waals surface area contributed by atoms with Crippen molar-refractivity contribution in [2.75, 3.05) is 11.9 Å². The fourth-order valence-corrected chi connectivity index (χ4v) is 2.56. The number of para-hydroxylation sites is 1. The van der Waals surface area contributed by atoms with E-state index in [1.165, 1.54) is 12.1 Å². The van der Waals surface area contributed by atoms with E-state index in [-0.39, 0.29) is 5.82 Å². The van der Waals surface area contributed by atoms with E-state index in [0.29, 0.717) is 17.0 Å². The summed E-state index contributed by atoms with van der Waals surface area (Å²) in [6.07, 6.45) is 1.58. The summed E-state index contributed by atoms with van der Waals surface area (Å²) in [6.45, 7) is 0. The van der Waals surface area contributed by atoms with Crippen LogP contribution < -0.4 is 4.90 Å². The van der Waals surface area contributed by atoms with Gasteiger partial charge in [-0.25, -0.2) is 4.39 Å². The zero-order valence-corrected chi connectivity index (χ0v) is 11.8. The molecule has 0 radical (unpaired) electrons. The van der Waals surface area contributed by atoms with E-state index in [2.05, 4.69) is 15.2 Å². The quantitative estimate of drug-likeness (QED) is 0.569. The molecular formula is C16H12FN5. The molecule has 108 valence electrons. The van der Waals surface area contributed by atoms with Gasteiger partial charge in [0.1, 0.15) is 18.0 Å². The van der Waals surface area contributed by atoms with Crippen LogP contribution >= 0.6 is 0 Å². The molecule has 0 aliphatic carbocycles. The highest BCUT2D eigenvalue weighted by atomic mass is 19.1. The van der Waals surface area contributed by atoms with Crippen molar-refractivity contribution in [2.24, 2.45) is 0 Å². The molecule has 2 heterocycles. The highest BCUT2D eigenvalue weighted by molar-refractivity contribution is 5.93. The van der Waals surface area contributed by atoms with Gasteiger partial charge < -0.3 is 4.90 Å². The van der Waals surface area contributed by atoms with Crippen molar-refractivity contribution in [3.8, 4) is 0 Å². The van der Waals surface area contributed by atoms with E-state index in [9.17, 15) is 4.39 Å². The summed E-state index contributed by atoms with van der Waals surface area (Å²) in [4.78, 5) is 6.44. The maximum atomic E-state index is 13.7. The van der Waals surface area contributed by atoms with Crippen molar-refractivity contribution in [1.29, 1.82) is 0 Å². The van der Waals surface area contributed by atoms with Crippen molar-refractivity contribution in [3.05, 3.63) is 60.7 Å². The average Bonchev–Trinajstić information content (AvgIpc) is 3.02. The van der Waals surface area contributed by atoms with Crippen LogP contribution in [0, 0.1) is 5.82 Å². The number of hydrogen-bond donors (Lipinski definition) is 0. The van der Waals surface area contributed by atoms with Crippen molar-refractivity contribution in [2.45, 2.75) is 0 Å². The Balaban J connectivity index is 2.04. The molecule has 0 amide bonds. The average molecular weight is 293 g/mol. The first kappa shape index (κ1) is 12.7. The van der Waals surface area contributed by atoms with Gasteiger partial charge in [-0.15, -0.1) is 10.2 Å². The molecule has 2 aromatic carbocycles. The molecule has 5 nitrogen and oxygen atoms in total. The van der Waals surface area contributed by atoms with Gasteiger partial charge in [0.2, 0.25) is 0 Å². The normalized spacial score (nSPS) is 11.2. The van der Waals surface area contributed by atoms with E-state index in [0.717, 1.165) is 11.2 Å². The van der Waals surface area contributed by atoms with E-state index < -0.39 is 0 Å². The summed E-state index contributed by atoms with van der Waals surface area (Å²) in [5.74, 6) is 0.822. The van der Waals surface area contributed by atoms with Crippen LogP contribution in [0.5, 0.6) is 0 Å². The van der Waals surface area contributed by atoms with Gasteiger partial charge >= 0.3 is 0 Å². The van der Waals surface area contributed by atoms with Gasteiger partial charge in [-0.2, -0.15) is 4.98 Å². The Kier molecular flexibility index (Phi) is 2.75. The summed E-state index contributed by atoms with van der Waals surface area (Å²) in [6, 6.07) is 14.4. The van der Waals surface area contributed by atoms with Gasteiger partial charge in [0.25, 0.3) is 5.78 Å². The van der Waals surface area contributed by atoms with Gasteiger partial charge in [0.05, 0.1) is 5.52 Å². The number of benzene rings is 2. The van der Waals surface area contributed by atoms with Gasteiger partial charge in [-0.3, -0.25) is 4.40 Å². The molecule has 2 aromatic heterocycles. The van der Waals surface area contributed by atoms with Crippen LogP contribution in [0.1, 0.15) is 0 Å². The van der Waals surface area contributed by atoms with E-state index >= 15 is 0 Å². The first-order valence-electron chi connectivity index (χ1n) is 6.82. The van der Waals surface area contributed by atoms with Crippen molar-refractivity contribution in [1.82, 2.24) is 19.6 Å². The minimum atomic E-state index is -0.301. The molecule has 0 saturated carbocycles. The molecule has 4 aromatic rings. The first-order valence-corrected chi connectivity index (χ1v) is 6.82. The minimum absolute atomic E-state index is 0.301. The number of nitrogens with zero attached hydrogens (tertiary/aromatic N) is 5. The van der Waals surface area contributed by atoms with Gasteiger partial charge in [0, 0.05) is 18.1 Å². The van der Waals surface area contributed by atoms with Crippen molar-refractivity contribution >= 4 is 28.2 Å². The highest BCUT2D eigenvalue weighted by Gasteiger charge is 2.14. The fraction of sp³-hybridized carbons (Fsp3) is 0.0625. The third-order valence-electron chi connectivity index (χ3n) is 3.66. The van der Waals surface area contributed by atoms with Gasteiger partial charge in [-0.05, 0) is 30.3 Å². The Morgan fingerprint density at radius 3 is 2.73 bits per heavy atom. The Labute approximate surface area is 125 Å². The lowest BCUT2D eigenvalue weighted by atomic mass is 10.2. The van der Waals surface area contributed by atoms with E-state index in [1.807, 2.05) is 42.3 Å². The Hall–Kier alpha value is -3.02. The molecular weight excluding hydrogens is 281 g/mol. The Bertz CT molecular complexity index is 964. The second-order valence-electron chi connectivity index (χ2n) is 4.99. The molecule has 0 bridgehead atoms. The largest absolute Gasteiger partial charge is 0.329 e. The summed E-state index contributed by atoms with van der Waals surface area (Å²) in [7, 11) is 1.90. The molecule has 4 rings (SSSR count). The molecule has 0 N–H and O–H groups in total. The lowest BCUT2D eigenvalue weighted by Crippen LogP contribution is -2.13. The summed E-state index contributed by atoms with van der Waals surface area (Å²) in [5.41, 5.74) is 1.78. The first-order chi connectivity index (χ1) is 10.7. The molecule has 0 fully saturated rings. The highest BCUT2D eigenvalue weighted by Crippen LogP contribution is 2.30. The second kappa shape index (κ2) is 4.77. The maximum absolute atomic E-state index is 13.7. The number of anilines is 2. The zero-order valence-electron chi connectivity index (χ0n) is 11.8. The van der Waals surface area contributed by atoms with Gasteiger partial charge in [0.15, 0.2) is 0 Å². The third kappa shape index (κ3) is 1.88. The second-order valence-corrected chi connectivity index (χ2v) is 4.99. The molecule has 0 aliphatic rings. The summed E-state index contributed by atoms with van der Waals surface area (Å²) >= 11 is 0. The van der Waals surface area contributed by atoms with Crippen molar-refractivity contribution in [3.63, 3.8) is 0 Å². The zero-order chi connectivity index (χ0) is 15.1. The number of rotatable bonds is 2. The Morgan fingerprint density at radius 1 is 1.09 bits per heavy atom. The van der Waals surface area contributed by atoms with E-state index in [4.69, 9.17) is 0 Å². The molecule has 0 saturated heterocycles. The molecule has 0 atom stereocenters. The summed E-state index contributed by atoms with van der Waals surface area (Å²) in [5, 5.41) is 8.60.